The van der Waals surface area contributed by atoms with Crippen molar-refractivity contribution >= 4 is 11.6 Å². The quantitative estimate of drug-likeness (QED) is 0.867. The highest BCUT2D eigenvalue weighted by Crippen LogP contribution is 2.25. The second kappa shape index (κ2) is 5.93. The van der Waals surface area contributed by atoms with Crippen LogP contribution in [-0.2, 0) is 13.2 Å². The van der Waals surface area contributed by atoms with Gasteiger partial charge >= 0.3 is 0 Å². The number of aromatic nitrogens is 2. The first-order chi connectivity index (χ1) is 9.58. The average Bonchev–Trinajstić information content (AvgIpc) is 2.72. The van der Waals surface area contributed by atoms with Crippen LogP contribution in [0.1, 0.15) is 23.9 Å². The minimum atomic E-state index is -0.601. The van der Waals surface area contributed by atoms with Gasteiger partial charge in [-0.25, -0.2) is 4.39 Å². The zero-order valence-corrected chi connectivity index (χ0v) is 11.9. The van der Waals surface area contributed by atoms with Crippen molar-refractivity contribution in [3.8, 4) is 11.8 Å². The van der Waals surface area contributed by atoms with E-state index in [0.29, 0.717) is 23.0 Å². The molecule has 0 saturated carbocycles. The molecule has 1 aromatic heterocycles. The maximum Gasteiger partial charge on any atom is 0.144 e. The van der Waals surface area contributed by atoms with Crippen LogP contribution in [0.15, 0.2) is 18.2 Å². The summed E-state index contributed by atoms with van der Waals surface area (Å²) in [7, 11) is 0. The number of hydrogen-bond donors (Lipinski definition) is 0. The molecule has 0 bridgehead atoms. The topological polar surface area (TPSA) is 50.8 Å². The highest BCUT2D eigenvalue weighted by Gasteiger charge is 2.15. The van der Waals surface area contributed by atoms with Crippen LogP contribution in [0.4, 0.5) is 4.39 Å². The van der Waals surface area contributed by atoms with Crippen LogP contribution in [0.2, 0.25) is 5.02 Å². The molecule has 0 N–H and O–H groups in total. The molecule has 0 unspecified atom stereocenters. The summed E-state index contributed by atoms with van der Waals surface area (Å²) in [6, 6.07) is 6.06. The van der Waals surface area contributed by atoms with Crippen LogP contribution >= 0.6 is 11.6 Å². The summed E-state index contributed by atoms with van der Waals surface area (Å²) in [5, 5.41) is 13.7. The molecule has 4 nitrogen and oxygen atoms in total. The smallest absolute Gasteiger partial charge is 0.144 e. The number of halogens is 2. The molecule has 1 aromatic carbocycles. The third-order valence-electron chi connectivity index (χ3n) is 2.90. The van der Waals surface area contributed by atoms with Crippen molar-refractivity contribution in [1.82, 2.24) is 9.78 Å². The summed E-state index contributed by atoms with van der Waals surface area (Å²) in [5.74, 6) is -0.402. The molecular formula is C14H13ClFN3O. The summed E-state index contributed by atoms with van der Waals surface area (Å²) >= 11 is 6.16. The van der Waals surface area contributed by atoms with Crippen LogP contribution in [0.5, 0.6) is 5.75 Å². The zero-order chi connectivity index (χ0) is 14.7. The largest absolute Gasteiger partial charge is 0.486 e. The number of nitriles is 1. The number of rotatable bonds is 4. The van der Waals surface area contributed by atoms with E-state index in [-0.39, 0.29) is 17.9 Å². The molecular weight excluding hydrogens is 281 g/mol. The fourth-order valence-electron chi connectivity index (χ4n) is 1.89. The lowest BCUT2D eigenvalue weighted by Gasteiger charge is -2.09. The first-order valence-corrected chi connectivity index (χ1v) is 6.49. The number of benzene rings is 1. The van der Waals surface area contributed by atoms with Gasteiger partial charge in [0.2, 0.25) is 0 Å². The van der Waals surface area contributed by atoms with Gasteiger partial charge in [0.25, 0.3) is 0 Å². The van der Waals surface area contributed by atoms with Gasteiger partial charge in [0.1, 0.15) is 29.8 Å². The molecule has 1 heterocycles. The first kappa shape index (κ1) is 14.4. The predicted octanol–water partition coefficient (Wildman–Crippen LogP) is 3.45. The Bertz CT molecular complexity index is 676. The van der Waals surface area contributed by atoms with Crippen LogP contribution in [0.25, 0.3) is 0 Å². The van der Waals surface area contributed by atoms with E-state index in [2.05, 4.69) is 5.10 Å². The Hall–Kier alpha value is -2.06. The molecule has 0 spiro atoms. The lowest BCUT2D eigenvalue weighted by atomic mass is 10.2. The van der Waals surface area contributed by atoms with E-state index in [1.165, 1.54) is 12.1 Å². The molecule has 0 atom stereocenters. The Balaban J connectivity index is 2.26. The molecule has 0 aliphatic rings. The fraction of sp³-hybridized carbons (Fsp3) is 0.286. The minimum absolute atomic E-state index is 0.108. The highest BCUT2D eigenvalue weighted by atomic mass is 35.5. The van der Waals surface area contributed by atoms with E-state index in [1.54, 1.807) is 23.7 Å². The lowest BCUT2D eigenvalue weighted by Crippen LogP contribution is -2.07. The Morgan fingerprint density at radius 1 is 1.50 bits per heavy atom. The standard InChI is InChI=1S/C14H13ClFN3O/c1-3-19-12(14(15)9(2)18-19)8-20-13-6-4-5-11(16)10(13)7-17/h4-6H,3,8H2,1-2H3. The van der Waals surface area contributed by atoms with E-state index < -0.39 is 5.82 Å². The Morgan fingerprint density at radius 3 is 2.90 bits per heavy atom. The third-order valence-corrected chi connectivity index (χ3v) is 3.40. The molecule has 2 rings (SSSR count). The SMILES string of the molecule is CCn1nc(C)c(Cl)c1COc1cccc(F)c1C#N. The summed E-state index contributed by atoms with van der Waals surface area (Å²) in [4.78, 5) is 0. The molecule has 0 fully saturated rings. The second-order valence-electron chi connectivity index (χ2n) is 4.18. The normalized spacial score (nSPS) is 10.3. The Morgan fingerprint density at radius 2 is 2.25 bits per heavy atom. The van der Waals surface area contributed by atoms with Crippen molar-refractivity contribution in [2.45, 2.75) is 27.0 Å². The molecule has 0 amide bonds. The maximum atomic E-state index is 13.5. The van der Waals surface area contributed by atoms with Crippen LogP contribution in [-0.4, -0.2) is 9.78 Å². The number of aryl methyl sites for hydroxylation is 2. The Labute approximate surface area is 121 Å². The van der Waals surface area contributed by atoms with Crippen LogP contribution in [0.3, 0.4) is 0 Å². The van der Waals surface area contributed by atoms with Gasteiger partial charge in [-0.3, -0.25) is 4.68 Å². The molecule has 0 aliphatic heterocycles. The monoisotopic (exact) mass is 293 g/mol. The van der Waals surface area contributed by atoms with E-state index in [9.17, 15) is 4.39 Å². The minimum Gasteiger partial charge on any atom is -0.486 e. The van der Waals surface area contributed by atoms with Gasteiger partial charge < -0.3 is 4.74 Å². The lowest BCUT2D eigenvalue weighted by molar-refractivity contribution is 0.290. The zero-order valence-electron chi connectivity index (χ0n) is 11.2. The summed E-state index contributed by atoms with van der Waals surface area (Å²) in [6.07, 6.45) is 0. The van der Waals surface area contributed by atoms with Crippen LogP contribution in [0, 0.1) is 24.1 Å². The van der Waals surface area contributed by atoms with Gasteiger partial charge in [0.05, 0.1) is 16.4 Å². The van der Waals surface area contributed by atoms with E-state index in [1.807, 2.05) is 6.92 Å². The highest BCUT2D eigenvalue weighted by molar-refractivity contribution is 6.31. The number of ether oxygens (including phenoxy) is 1. The predicted molar refractivity (Wildman–Crippen MR) is 73.1 cm³/mol. The van der Waals surface area contributed by atoms with E-state index in [4.69, 9.17) is 21.6 Å². The van der Waals surface area contributed by atoms with Gasteiger partial charge in [-0.15, -0.1) is 0 Å². The van der Waals surface area contributed by atoms with Crippen molar-refractivity contribution in [3.05, 3.63) is 46.0 Å². The second-order valence-corrected chi connectivity index (χ2v) is 4.55. The fourth-order valence-corrected chi connectivity index (χ4v) is 2.08. The summed E-state index contributed by atoms with van der Waals surface area (Å²) < 4.78 is 20.7. The number of nitrogens with zero attached hydrogens (tertiary/aromatic N) is 3. The third kappa shape index (κ3) is 2.61. The molecule has 0 saturated heterocycles. The van der Waals surface area contributed by atoms with Crippen LogP contribution < -0.4 is 4.74 Å². The van der Waals surface area contributed by atoms with Crippen molar-refractivity contribution in [2.24, 2.45) is 0 Å². The van der Waals surface area contributed by atoms with Crippen molar-refractivity contribution in [2.75, 3.05) is 0 Å². The van der Waals surface area contributed by atoms with Gasteiger partial charge in [0.15, 0.2) is 0 Å². The maximum absolute atomic E-state index is 13.5. The van der Waals surface area contributed by atoms with Gasteiger partial charge in [-0.2, -0.15) is 10.4 Å². The molecule has 6 heteroatoms. The molecule has 20 heavy (non-hydrogen) atoms. The van der Waals surface area contributed by atoms with E-state index >= 15 is 0 Å². The number of hydrogen-bond acceptors (Lipinski definition) is 3. The summed E-state index contributed by atoms with van der Waals surface area (Å²) in [5.41, 5.74) is 1.31. The molecule has 104 valence electrons. The molecule has 2 aromatic rings. The summed E-state index contributed by atoms with van der Waals surface area (Å²) in [6.45, 7) is 4.53. The Kier molecular flexibility index (Phi) is 4.26. The van der Waals surface area contributed by atoms with Crippen molar-refractivity contribution < 1.29 is 9.13 Å². The molecule has 0 radical (unpaired) electrons. The van der Waals surface area contributed by atoms with Crippen molar-refractivity contribution in [3.63, 3.8) is 0 Å². The van der Waals surface area contributed by atoms with E-state index in [0.717, 1.165) is 0 Å². The average molecular weight is 294 g/mol. The van der Waals surface area contributed by atoms with Crippen molar-refractivity contribution in [1.29, 1.82) is 5.26 Å². The van der Waals surface area contributed by atoms with Gasteiger partial charge in [0, 0.05) is 6.54 Å². The van der Waals surface area contributed by atoms with Gasteiger partial charge in [-0.1, -0.05) is 17.7 Å². The van der Waals surface area contributed by atoms with Gasteiger partial charge in [-0.05, 0) is 26.0 Å². The molecule has 0 aliphatic carbocycles. The first-order valence-electron chi connectivity index (χ1n) is 6.11.